The second-order valence-corrected chi connectivity index (χ2v) is 6.64. The number of aromatic hydroxyl groups is 1. The molecule has 3 aromatic rings. The van der Waals surface area contributed by atoms with E-state index >= 15 is 0 Å². The van der Waals surface area contributed by atoms with Gasteiger partial charge in [0.05, 0.1) is 5.02 Å². The minimum absolute atomic E-state index is 0.233. The van der Waals surface area contributed by atoms with Gasteiger partial charge in [-0.15, -0.1) is 0 Å². The lowest BCUT2D eigenvalue weighted by atomic mass is 10.1. The molecule has 0 radical (unpaired) electrons. The standard InChI is InChI=1S/C19H19ClN4O/c20-17-12-14(19(25)18-16(17)2-1-5-22-18)13-23-8-10-24(11-9-23)15-3-6-21-7-4-15/h1-7,12,25H,8-11,13H2. The summed E-state index contributed by atoms with van der Waals surface area (Å²) in [7, 11) is 0. The molecule has 3 heterocycles. The van der Waals surface area contributed by atoms with Gasteiger partial charge in [-0.1, -0.05) is 11.6 Å². The van der Waals surface area contributed by atoms with Crippen LogP contribution >= 0.6 is 11.6 Å². The molecular formula is C19H19ClN4O. The zero-order valence-corrected chi connectivity index (χ0v) is 14.5. The van der Waals surface area contributed by atoms with E-state index in [0.29, 0.717) is 17.1 Å². The summed E-state index contributed by atoms with van der Waals surface area (Å²) in [5.74, 6) is 0.233. The van der Waals surface area contributed by atoms with Crippen LogP contribution in [0.2, 0.25) is 5.02 Å². The molecule has 4 rings (SSSR count). The van der Waals surface area contributed by atoms with Crippen LogP contribution in [0.1, 0.15) is 5.56 Å². The number of piperazine rings is 1. The third-order valence-corrected chi connectivity index (χ3v) is 5.00. The maximum atomic E-state index is 10.6. The van der Waals surface area contributed by atoms with E-state index in [1.165, 1.54) is 5.69 Å². The van der Waals surface area contributed by atoms with Crippen molar-refractivity contribution in [2.75, 3.05) is 31.1 Å². The number of phenols is 1. The number of rotatable bonds is 3. The van der Waals surface area contributed by atoms with Crippen molar-refractivity contribution in [3.63, 3.8) is 0 Å². The highest BCUT2D eigenvalue weighted by Crippen LogP contribution is 2.33. The van der Waals surface area contributed by atoms with Crippen LogP contribution in [0.5, 0.6) is 5.75 Å². The van der Waals surface area contributed by atoms with Crippen LogP contribution in [0.15, 0.2) is 48.9 Å². The molecule has 128 valence electrons. The summed E-state index contributed by atoms with van der Waals surface area (Å²) in [5.41, 5.74) is 2.60. The van der Waals surface area contributed by atoms with Gasteiger partial charge in [0.25, 0.3) is 0 Å². The van der Waals surface area contributed by atoms with E-state index < -0.39 is 0 Å². The lowest BCUT2D eigenvalue weighted by molar-refractivity contribution is 0.247. The first-order chi connectivity index (χ1) is 12.2. The Kier molecular flexibility index (Phi) is 4.42. The Hall–Kier alpha value is -2.37. The first kappa shape index (κ1) is 16.1. The van der Waals surface area contributed by atoms with Gasteiger partial charge in [-0.3, -0.25) is 14.9 Å². The maximum absolute atomic E-state index is 10.6. The van der Waals surface area contributed by atoms with Gasteiger partial charge in [0.2, 0.25) is 0 Å². The molecule has 6 heteroatoms. The van der Waals surface area contributed by atoms with Crippen molar-refractivity contribution in [3.8, 4) is 5.75 Å². The minimum atomic E-state index is 0.233. The number of pyridine rings is 2. The third kappa shape index (κ3) is 3.25. The topological polar surface area (TPSA) is 52.5 Å². The van der Waals surface area contributed by atoms with Crippen molar-refractivity contribution in [1.82, 2.24) is 14.9 Å². The monoisotopic (exact) mass is 354 g/mol. The van der Waals surface area contributed by atoms with Crippen LogP contribution in [-0.4, -0.2) is 46.2 Å². The Morgan fingerprint density at radius 3 is 2.56 bits per heavy atom. The molecule has 1 aromatic carbocycles. The second kappa shape index (κ2) is 6.86. The second-order valence-electron chi connectivity index (χ2n) is 6.23. The molecule has 25 heavy (non-hydrogen) atoms. The fraction of sp³-hybridized carbons (Fsp3) is 0.263. The highest BCUT2D eigenvalue weighted by molar-refractivity contribution is 6.35. The zero-order valence-electron chi connectivity index (χ0n) is 13.8. The number of anilines is 1. The molecule has 1 saturated heterocycles. The van der Waals surface area contributed by atoms with E-state index in [0.717, 1.165) is 37.1 Å². The van der Waals surface area contributed by atoms with Crippen molar-refractivity contribution in [2.24, 2.45) is 0 Å². The first-order valence-electron chi connectivity index (χ1n) is 8.35. The molecule has 0 unspecified atom stereocenters. The summed E-state index contributed by atoms with van der Waals surface area (Å²) < 4.78 is 0. The Labute approximate surface area is 151 Å². The normalized spacial score (nSPS) is 15.6. The molecule has 2 aromatic heterocycles. The number of halogens is 1. The predicted molar refractivity (Wildman–Crippen MR) is 100 cm³/mol. The van der Waals surface area contributed by atoms with Crippen LogP contribution in [0.3, 0.4) is 0 Å². The van der Waals surface area contributed by atoms with E-state index in [4.69, 9.17) is 11.6 Å². The summed E-state index contributed by atoms with van der Waals surface area (Å²) in [4.78, 5) is 13.0. The number of phenolic OH excluding ortho intramolecular Hbond substituents is 1. The first-order valence-corrected chi connectivity index (χ1v) is 8.72. The Morgan fingerprint density at radius 2 is 1.80 bits per heavy atom. The number of aromatic nitrogens is 2. The molecule has 0 atom stereocenters. The van der Waals surface area contributed by atoms with Gasteiger partial charge in [-0.25, -0.2) is 0 Å². The number of hydrogen-bond acceptors (Lipinski definition) is 5. The Morgan fingerprint density at radius 1 is 1.04 bits per heavy atom. The quantitative estimate of drug-likeness (QED) is 0.782. The van der Waals surface area contributed by atoms with Crippen molar-refractivity contribution >= 4 is 28.2 Å². The molecule has 1 aliphatic rings. The molecule has 0 bridgehead atoms. The van der Waals surface area contributed by atoms with Gasteiger partial charge in [0.15, 0.2) is 0 Å². The number of nitrogens with zero attached hydrogens (tertiary/aromatic N) is 4. The van der Waals surface area contributed by atoms with Crippen molar-refractivity contribution < 1.29 is 5.11 Å². The molecule has 1 aliphatic heterocycles. The average Bonchev–Trinajstić information content (AvgIpc) is 2.67. The van der Waals surface area contributed by atoms with Crippen molar-refractivity contribution in [1.29, 1.82) is 0 Å². The molecule has 0 spiro atoms. The molecule has 5 nitrogen and oxygen atoms in total. The third-order valence-electron chi connectivity index (χ3n) is 4.69. The van der Waals surface area contributed by atoms with E-state index in [2.05, 4.69) is 19.8 Å². The summed E-state index contributed by atoms with van der Waals surface area (Å²) in [6.07, 6.45) is 5.32. The highest BCUT2D eigenvalue weighted by Gasteiger charge is 2.19. The average molecular weight is 355 g/mol. The fourth-order valence-corrected chi connectivity index (χ4v) is 3.60. The summed E-state index contributed by atoms with van der Waals surface area (Å²) >= 11 is 6.37. The SMILES string of the molecule is Oc1c(CN2CCN(c3ccncc3)CC2)cc(Cl)c2cccnc12. The largest absolute Gasteiger partial charge is 0.505 e. The zero-order chi connectivity index (χ0) is 17.2. The van der Waals surface area contributed by atoms with E-state index in [1.807, 2.05) is 42.7 Å². The van der Waals surface area contributed by atoms with Crippen LogP contribution in [0, 0.1) is 0 Å². The summed E-state index contributed by atoms with van der Waals surface area (Å²) in [5, 5.41) is 12.0. The van der Waals surface area contributed by atoms with Gasteiger partial charge in [-0.2, -0.15) is 0 Å². The van der Waals surface area contributed by atoms with Gasteiger partial charge >= 0.3 is 0 Å². The van der Waals surface area contributed by atoms with E-state index in [1.54, 1.807) is 6.20 Å². The predicted octanol–water partition coefficient (Wildman–Crippen LogP) is 3.31. The highest BCUT2D eigenvalue weighted by atomic mass is 35.5. The molecule has 1 fully saturated rings. The lowest BCUT2D eigenvalue weighted by Gasteiger charge is -2.36. The van der Waals surface area contributed by atoms with E-state index in [9.17, 15) is 5.11 Å². The lowest BCUT2D eigenvalue weighted by Crippen LogP contribution is -2.45. The molecular weight excluding hydrogens is 336 g/mol. The Bertz CT molecular complexity index is 879. The Balaban J connectivity index is 1.49. The summed E-state index contributed by atoms with van der Waals surface area (Å²) in [6, 6.07) is 9.63. The number of hydrogen-bond donors (Lipinski definition) is 1. The van der Waals surface area contributed by atoms with Crippen molar-refractivity contribution in [3.05, 3.63) is 59.5 Å². The number of benzene rings is 1. The van der Waals surface area contributed by atoms with Crippen LogP contribution in [-0.2, 0) is 6.54 Å². The van der Waals surface area contributed by atoms with Gasteiger partial charge < -0.3 is 10.0 Å². The minimum Gasteiger partial charge on any atom is -0.505 e. The molecule has 1 N–H and O–H groups in total. The molecule has 0 saturated carbocycles. The van der Waals surface area contributed by atoms with Gasteiger partial charge in [0.1, 0.15) is 11.3 Å². The molecule has 0 amide bonds. The number of fused-ring (bicyclic) bond motifs is 1. The van der Waals surface area contributed by atoms with Crippen LogP contribution in [0.4, 0.5) is 5.69 Å². The van der Waals surface area contributed by atoms with Gasteiger partial charge in [-0.05, 0) is 30.3 Å². The van der Waals surface area contributed by atoms with Crippen molar-refractivity contribution in [2.45, 2.75) is 6.54 Å². The van der Waals surface area contributed by atoms with Crippen LogP contribution < -0.4 is 4.90 Å². The fourth-order valence-electron chi connectivity index (χ4n) is 3.32. The van der Waals surface area contributed by atoms with E-state index in [-0.39, 0.29) is 5.75 Å². The molecule has 0 aliphatic carbocycles. The maximum Gasteiger partial charge on any atom is 0.146 e. The van der Waals surface area contributed by atoms with Gasteiger partial charge in [0, 0.05) is 68.0 Å². The van der Waals surface area contributed by atoms with Crippen LogP contribution in [0.25, 0.3) is 10.9 Å². The smallest absolute Gasteiger partial charge is 0.146 e. The summed E-state index contributed by atoms with van der Waals surface area (Å²) in [6.45, 7) is 4.43.